The molecule has 0 heterocycles. The van der Waals surface area contributed by atoms with Crippen LogP contribution in [0.4, 0.5) is 0 Å². The second-order valence-electron chi connectivity index (χ2n) is 5.35. The van der Waals surface area contributed by atoms with Crippen LogP contribution >= 0.6 is 0 Å². The van der Waals surface area contributed by atoms with Crippen molar-refractivity contribution < 1.29 is 19.4 Å². The van der Waals surface area contributed by atoms with Gasteiger partial charge >= 0.3 is 5.97 Å². The number of hydrogen-bond donors (Lipinski definition) is 1. The maximum Gasteiger partial charge on any atom is 0.304 e. The Morgan fingerprint density at radius 2 is 2.00 bits per heavy atom. The number of methoxy groups -OCH3 is 1. The fraction of sp³-hybridized carbons (Fsp3) is 0.533. The van der Waals surface area contributed by atoms with E-state index in [1.807, 2.05) is 32.0 Å². The third-order valence-corrected chi connectivity index (χ3v) is 3.44. The zero-order chi connectivity index (χ0) is 14.0. The molecule has 0 saturated heterocycles. The van der Waals surface area contributed by atoms with Gasteiger partial charge in [-0.25, -0.2) is 0 Å². The second kappa shape index (κ2) is 5.11. The molecule has 0 amide bonds. The van der Waals surface area contributed by atoms with Crippen LogP contribution in [0.25, 0.3) is 0 Å². The van der Waals surface area contributed by atoms with Gasteiger partial charge in [0.1, 0.15) is 11.5 Å². The fourth-order valence-corrected chi connectivity index (χ4v) is 2.51. The lowest BCUT2D eigenvalue weighted by Crippen LogP contribution is -2.17. The van der Waals surface area contributed by atoms with Crippen molar-refractivity contribution in [2.45, 2.75) is 44.6 Å². The first-order chi connectivity index (χ1) is 8.98. The summed E-state index contributed by atoms with van der Waals surface area (Å²) < 4.78 is 11.2. The van der Waals surface area contributed by atoms with Crippen LogP contribution in [0.5, 0.6) is 11.5 Å². The number of hydrogen-bond acceptors (Lipinski definition) is 3. The smallest absolute Gasteiger partial charge is 0.304 e. The van der Waals surface area contributed by atoms with Gasteiger partial charge < -0.3 is 14.6 Å². The summed E-state index contributed by atoms with van der Waals surface area (Å²) in [5.41, 5.74) is 0.594. The molecule has 1 N–H and O–H groups in total. The van der Waals surface area contributed by atoms with Crippen molar-refractivity contribution in [3.05, 3.63) is 23.8 Å². The van der Waals surface area contributed by atoms with E-state index in [4.69, 9.17) is 14.6 Å². The minimum Gasteiger partial charge on any atom is -0.496 e. The summed E-state index contributed by atoms with van der Waals surface area (Å²) in [6.45, 7) is 3.92. The van der Waals surface area contributed by atoms with Crippen LogP contribution in [0, 0.1) is 0 Å². The van der Waals surface area contributed by atoms with Crippen molar-refractivity contribution in [2.24, 2.45) is 0 Å². The number of carboxylic acids is 1. The molecule has 1 fully saturated rings. The van der Waals surface area contributed by atoms with Crippen molar-refractivity contribution in [1.29, 1.82) is 0 Å². The summed E-state index contributed by atoms with van der Waals surface area (Å²) in [4.78, 5) is 11.1. The average molecular weight is 264 g/mol. The maximum absolute atomic E-state index is 11.1. The summed E-state index contributed by atoms with van der Waals surface area (Å²) in [6.07, 6.45) is 1.91. The van der Waals surface area contributed by atoms with Crippen molar-refractivity contribution in [1.82, 2.24) is 0 Å². The molecule has 4 heteroatoms. The molecule has 0 aromatic heterocycles. The summed E-state index contributed by atoms with van der Waals surface area (Å²) in [6, 6.07) is 5.63. The van der Waals surface area contributed by atoms with Gasteiger partial charge in [-0.3, -0.25) is 4.79 Å². The van der Waals surface area contributed by atoms with Crippen LogP contribution in [0.1, 0.15) is 38.7 Å². The Bertz CT molecular complexity index is 475. The van der Waals surface area contributed by atoms with Crippen LogP contribution in [-0.4, -0.2) is 24.3 Å². The number of aliphatic carboxylic acids is 1. The van der Waals surface area contributed by atoms with E-state index in [2.05, 4.69) is 0 Å². The van der Waals surface area contributed by atoms with Gasteiger partial charge in [-0.1, -0.05) is 6.07 Å². The standard InChI is InChI=1S/C15H20O4/c1-10(2)19-12-6-4-5-11(18-3)14(12)15(7-8-15)9-13(16)17/h4-6,10H,7-9H2,1-3H3,(H,16,17). The van der Waals surface area contributed by atoms with E-state index in [-0.39, 0.29) is 17.9 Å². The van der Waals surface area contributed by atoms with Gasteiger partial charge in [0.25, 0.3) is 0 Å². The molecule has 4 nitrogen and oxygen atoms in total. The SMILES string of the molecule is COc1cccc(OC(C)C)c1C1(CC(=O)O)CC1. The molecular formula is C15H20O4. The van der Waals surface area contributed by atoms with Crippen LogP contribution in [0.2, 0.25) is 0 Å². The number of carbonyl (C=O) groups is 1. The number of carboxylic acid groups (broad SMARTS) is 1. The van der Waals surface area contributed by atoms with Gasteiger partial charge in [-0.05, 0) is 38.8 Å². The Hall–Kier alpha value is -1.71. The third-order valence-electron chi connectivity index (χ3n) is 3.44. The maximum atomic E-state index is 11.1. The molecule has 0 radical (unpaired) electrons. The Morgan fingerprint density at radius 3 is 2.47 bits per heavy atom. The summed E-state index contributed by atoms with van der Waals surface area (Å²) in [5.74, 6) is 0.684. The van der Waals surface area contributed by atoms with Gasteiger partial charge in [0.15, 0.2) is 0 Å². The van der Waals surface area contributed by atoms with Crippen LogP contribution in [0.3, 0.4) is 0 Å². The third kappa shape index (κ3) is 2.83. The lowest BCUT2D eigenvalue weighted by molar-refractivity contribution is -0.137. The minimum absolute atomic E-state index is 0.0477. The molecule has 0 aliphatic heterocycles. The van der Waals surface area contributed by atoms with E-state index in [9.17, 15) is 4.79 Å². The zero-order valence-electron chi connectivity index (χ0n) is 11.6. The molecule has 1 aliphatic carbocycles. The van der Waals surface area contributed by atoms with Crippen LogP contribution < -0.4 is 9.47 Å². The summed E-state index contributed by atoms with van der Waals surface area (Å²) >= 11 is 0. The first-order valence-electron chi connectivity index (χ1n) is 6.54. The Balaban J connectivity index is 2.44. The van der Waals surface area contributed by atoms with Crippen molar-refractivity contribution in [3.63, 3.8) is 0 Å². The first kappa shape index (κ1) is 13.7. The van der Waals surface area contributed by atoms with E-state index in [1.165, 1.54) is 0 Å². The van der Waals surface area contributed by atoms with Crippen LogP contribution in [-0.2, 0) is 10.2 Å². The molecule has 1 aromatic rings. The van der Waals surface area contributed by atoms with Crippen molar-refractivity contribution >= 4 is 5.97 Å². The first-order valence-corrected chi connectivity index (χ1v) is 6.54. The summed E-state index contributed by atoms with van der Waals surface area (Å²) in [7, 11) is 1.61. The highest BCUT2D eigenvalue weighted by atomic mass is 16.5. The van der Waals surface area contributed by atoms with E-state index in [0.29, 0.717) is 0 Å². The Morgan fingerprint density at radius 1 is 1.37 bits per heavy atom. The number of rotatable bonds is 6. The van der Waals surface area contributed by atoms with Gasteiger partial charge in [0.2, 0.25) is 0 Å². The highest BCUT2D eigenvalue weighted by molar-refractivity contribution is 5.71. The predicted molar refractivity (Wildman–Crippen MR) is 71.9 cm³/mol. The topological polar surface area (TPSA) is 55.8 Å². The lowest BCUT2D eigenvalue weighted by Gasteiger charge is -2.22. The largest absolute Gasteiger partial charge is 0.496 e. The molecule has 0 unspecified atom stereocenters. The average Bonchev–Trinajstić information content (AvgIpc) is 3.07. The molecule has 1 aromatic carbocycles. The quantitative estimate of drug-likeness (QED) is 0.858. The van der Waals surface area contributed by atoms with E-state index < -0.39 is 5.97 Å². The molecule has 0 spiro atoms. The fourth-order valence-electron chi connectivity index (χ4n) is 2.51. The zero-order valence-corrected chi connectivity index (χ0v) is 11.6. The number of ether oxygens (including phenoxy) is 2. The molecule has 2 rings (SSSR count). The van der Waals surface area contributed by atoms with Crippen molar-refractivity contribution in [2.75, 3.05) is 7.11 Å². The molecular weight excluding hydrogens is 244 g/mol. The van der Waals surface area contributed by atoms with Gasteiger partial charge in [-0.15, -0.1) is 0 Å². The normalized spacial score (nSPS) is 16.2. The Kier molecular flexibility index (Phi) is 3.69. The van der Waals surface area contributed by atoms with E-state index >= 15 is 0 Å². The van der Waals surface area contributed by atoms with Gasteiger partial charge in [0.05, 0.1) is 19.6 Å². The molecule has 1 saturated carbocycles. The van der Waals surface area contributed by atoms with Gasteiger partial charge in [0, 0.05) is 11.0 Å². The highest BCUT2D eigenvalue weighted by Crippen LogP contribution is 2.57. The monoisotopic (exact) mass is 264 g/mol. The summed E-state index contributed by atoms with van der Waals surface area (Å²) in [5, 5.41) is 9.11. The minimum atomic E-state index is -0.779. The molecule has 0 bridgehead atoms. The Labute approximate surface area is 113 Å². The van der Waals surface area contributed by atoms with E-state index in [0.717, 1.165) is 29.9 Å². The van der Waals surface area contributed by atoms with Gasteiger partial charge in [-0.2, -0.15) is 0 Å². The highest BCUT2D eigenvalue weighted by Gasteiger charge is 2.49. The lowest BCUT2D eigenvalue weighted by atomic mass is 9.90. The van der Waals surface area contributed by atoms with Crippen molar-refractivity contribution in [3.8, 4) is 11.5 Å². The molecule has 104 valence electrons. The number of benzene rings is 1. The molecule has 19 heavy (non-hydrogen) atoms. The molecule has 1 aliphatic rings. The van der Waals surface area contributed by atoms with E-state index in [1.54, 1.807) is 7.11 Å². The molecule has 0 atom stereocenters. The second-order valence-corrected chi connectivity index (χ2v) is 5.35. The van der Waals surface area contributed by atoms with Crippen LogP contribution in [0.15, 0.2) is 18.2 Å². The predicted octanol–water partition coefficient (Wildman–Crippen LogP) is 2.99.